The van der Waals surface area contributed by atoms with Crippen molar-refractivity contribution >= 4 is 17.7 Å². The van der Waals surface area contributed by atoms with Gasteiger partial charge in [0.2, 0.25) is 0 Å². The second-order valence-electron chi connectivity index (χ2n) is 1.86. The predicted octanol–water partition coefficient (Wildman–Crippen LogP) is 1.35. The molecule has 0 radical (unpaired) electrons. The van der Waals surface area contributed by atoms with Crippen LogP contribution in [-0.2, 0) is 9.53 Å². The van der Waals surface area contributed by atoms with Crippen molar-refractivity contribution in [3.05, 3.63) is 11.5 Å². The Morgan fingerprint density at radius 1 is 1.73 bits per heavy atom. The van der Waals surface area contributed by atoms with Crippen LogP contribution in [0, 0.1) is 0 Å². The summed E-state index contributed by atoms with van der Waals surface area (Å²) in [5, 5.41) is 9.77. The van der Waals surface area contributed by atoms with Gasteiger partial charge in [-0.05, 0) is 17.6 Å². The van der Waals surface area contributed by atoms with Gasteiger partial charge in [0, 0.05) is 19.8 Å². The summed E-state index contributed by atoms with van der Waals surface area (Å²) in [6, 6.07) is 0. The van der Waals surface area contributed by atoms with E-state index in [1.807, 2.05) is 0 Å². The van der Waals surface area contributed by atoms with Gasteiger partial charge >= 0.3 is 5.97 Å². The standard InChI is InChI=1S/C7H12O3S/c1-10-4-2-5-11-6-3-7(8)9/h3,6H,2,4-5H2,1H3,(H,8,9). The van der Waals surface area contributed by atoms with Gasteiger partial charge in [0.25, 0.3) is 0 Å². The highest BCUT2D eigenvalue weighted by atomic mass is 32.2. The lowest BCUT2D eigenvalue weighted by atomic mass is 10.5. The van der Waals surface area contributed by atoms with Crippen molar-refractivity contribution in [3.63, 3.8) is 0 Å². The largest absolute Gasteiger partial charge is 0.478 e. The van der Waals surface area contributed by atoms with Crippen molar-refractivity contribution in [2.24, 2.45) is 0 Å². The van der Waals surface area contributed by atoms with Crippen LogP contribution in [0.25, 0.3) is 0 Å². The second kappa shape index (κ2) is 7.63. The summed E-state index contributed by atoms with van der Waals surface area (Å²) in [5.74, 6) is 0.00157. The fourth-order valence-corrected chi connectivity index (χ4v) is 1.09. The molecule has 0 aromatic heterocycles. The number of ether oxygens (including phenoxy) is 1. The molecule has 1 N–H and O–H groups in total. The van der Waals surface area contributed by atoms with E-state index >= 15 is 0 Å². The number of carbonyl (C=O) groups is 1. The quantitative estimate of drug-likeness (QED) is 0.490. The summed E-state index contributed by atoms with van der Waals surface area (Å²) >= 11 is 1.48. The highest BCUT2D eigenvalue weighted by Gasteiger charge is 1.86. The van der Waals surface area contributed by atoms with Gasteiger partial charge in [-0.3, -0.25) is 0 Å². The topological polar surface area (TPSA) is 46.5 Å². The number of thioether (sulfide) groups is 1. The Labute approximate surface area is 70.4 Å². The first kappa shape index (κ1) is 10.5. The molecule has 0 aliphatic heterocycles. The third kappa shape index (κ3) is 9.52. The minimum absolute atomic E-state index is 0.730. The first-order chi connectivity index (χ1) is 5.27. The third-order valence-corrected chi connectivity index (χ3v) is 1.77. The van der Waals surface area contributed by atoms with Crippen molar-refractivity contribution in [1.29, 1.82) is 0 Å². The molecule has 0 aromatic carbocycles. The summed E-state index contributed by atoms with van der Waals surface area (Å²) in [6.45, 7) is 0.730. The lowest BCUT2D eigenvalue weighted by Gasteiger charge is -1.94. The maximum absolute atomic E-state index is 9.96. The van der Waals surface area contributed by atoms with Crippen LogP contribution in [0.2, 0.25) is 0 Å². The molecule has 64 valence electrons. The zero-order chi connectivity index (χ0) is 8.53. The van der Waals surface area contributed by atoms with Crippen molar-refractivity contribution in [2.45, 2.75) is 6.42 Å². The maximum Gasteiger partial charge on any atom is 0.328 e. The molecule has 0 bridgehead atoms. The van der Waals surface area contributed by atoms with Gasteiger partial charge in [0.15, 0.2) is 0 Å². The first-order valence-electron chi connectivity index (χ1n) is 3.27. The number of rotatable bonds is 6. The van der Waals surface area contributed by atoms with Gasteiger partial charge in [-0.25, -0.2) is 4.79 Å². The minimum Gasteiger partial charge on any atom is -0.478 e. The van der Waals surface area contributed by atoms with E-state index in [0.717, 1.165) is 24.9 Å². The van der Waals surface area contributed by atoms with Gasteiger partial charge in [-0.15, -0.1) is 11.8 Å². The van der Waals surface area contributed by atoms with Gasteiger partial charge in [-0.1, -0.05) is 0 Å². The number of aliphatic carboxylic acids is 1. The summed E-state index contributed by atoms with van der Waals surface area (Å²) in [7, 11) is 1.65. The minimum atomic E-state index is -0.899. The van der Waals surface area contributed by atoms with E-state index in [9.17, 15) is 4.79 Å². The summed E-state index contributed by atoms with van der Waals surface area (Å²) < 4.78 is 4.82. The molecular weight excluding hydrogens is 164 g/mol. The molecule has 0 aliphatic rings. The molecule has 0 amide bonds. The normalized spacial score (nSPS) is 10.6. The highest BCUT2D eigenvalue weighted by molar-refractivity contribution is 8.02. The van der Waals surface area contributed by atoms with E-state index in [2.05, 4.69) is 0 Å². The van der Waals surface area contributed by atoms with E-state index < -0.39 is 5.97 Å². The molecule has 4 heteroatoms. The molecule has 0 saturated carbocycles. The van der Waals surface area contributed by atoms with E-state index in [0.29, 0.717) is 0 Å². The lowest BCUT2D eigenvalue weighted by Crippen LogP contribution is -1.89. The number of hydrogen-bond donors (Lipinski definition) is 1. The van der Waals surface area contributed by atoms with Crippen LogP contribution in [-0.4, -0.2) is 30.5 Å². The number of carboxylic acid groups (broad SMARTS) is 1. The number of methoxy groups -OCH3 is 1. The van der Waals surface area contributed by atoms with Crippen LogP contribution in [0.1, 0.15) is 6.42 Å². The Morgan fingerprint density at radius 2 is 2.45 bits per heavy atom. The number of carboxylic acids is 1. The average Bonchev–Trinajstić information content (AvgIpc) is 1.96. The van der Waals surface area contributed by atoms with Crippen molar-refractivity contribution in [1.82, 2.24) is 0 Å². The molecule has 0 fully saturated rings. The maximum atomic E-state index is 9.96. The van der Waals surface area contributed by atoms with Crippen LogP contribution in [0.4, 0.5) is 0 Å². The van der Waals surface area contributed by atoms with E-state index in [1.54, 1.807) is 12.5 Å². The molecule has 0 saturated heterocycles. The van der Waals surface area contributed by atoms with Gasteiger partial charge in [-0.2, -0.15) is 0 Å². The Bertz CT molecular complexity index is 134. The Kier molecular flexibility index (Phi) is 7.29. The third-order valence-electron chi connectivity index (χ3n) is 0.917. The molecule has 0 spiro atoms. The average molecular weight is 176 g/mol. The van der Waals surface area contributed by atoms with Crippen LogP contribution < -0.4 is 0 Å². The molecule has 0 aromatic rings. The Morgan fingerprint density at radius 3 is 3.00 bits per heavy atom. The fourth-order valence-electron chi connectivity index (χ4n) is 0.461. The number of hydrogen-bond acceptors (Lipinski definition) is 3. The van der Waals surface area contributed by atoms with Crippen LogP contribution in [0.15, 0.2) is 11.5 Å². The lowest BCUT2D eigenvalue weighted by molar-refractivity contribution is -0.131. The summed E-state index contributed by atoms with van der Waals surface area (Å²) in [6.07, 6.45) is 2.09. The van der Waals surface area contributed by atoms with Crippen molar-refractivity contribution in [2.75, 3.05) is 19.5 Å². The molecule has 0 rings (SSSR count). The monoisotopic (exact) mass is 176 g/mol. The fraction of sp³-hybridized carbons (Fsp3) is 0.571. The summed E-state index contributed by atoms with van der Waals surface area (Å²) in [4.78, 5) is 9.96. The van der Waals surface area contributed by atoms with Crippen LogP contribution in [0.3, 0.4) is 0 Å². The van der Waals surface area contributed by atoms with E-state index in [4.69, 9.17) is 9.84 Å². The second-order valence-corrected chi connectivity index (χ2v) is 2.87. The predicted molar refractivity (Wildman–Crippen MR) is 45.7 cm³/mol. The Balaban J connectivity index is 3.07. The molecule has 0 unspecified atom stereocenters. The SMILES string of the molecule is COCCCSC=CC(=O)O. The summed E-state index contributed by atoms with van der Waals surface area (Å²) in [5.41, 5.74) is 0. The zero-order valence-corrected chi connectivity index (χ0v) is 7.26. The van der Waals surface area contributed by atoms with Crippen LogP contribution in [0.5, 0.6) is 0 Å². The molecule has 0 heterocycles. The smallest absolute Gasteiger partial charge is 0.328 e. The molecule has 11 heavy (non-hydrogen) atoms. The van der Waals surface area contributed by atoms with Gasteiger partial charge in [0.05, 0.1) is 0 Å². The van der Waals surface area contributed by atoms with Crippen molar-refractivity contribution in [3.8, 4) is 0 Å². The van der Waals surface area contributed by atoms with E-state index in [1.165, 1.54) is 11.8 Å². The molecular formula is C7H12O3S. The Hall–Kier alpha value is -0.480. The molecule has 0 atom stereocenters. The first-order valence-corrected chi connectivity index (χ1v) is 4.32. The molecule has 3 nitrogen and oxygen atoms in total. The van der Waals surface area contributed by atoms with Crippen LogP contribution >= 0.6 is 11.8 Å². The van der Waals surface area contributed by atoms with Gasteiger partial charge < -0.3 is 9.84 Å². The van der Waals surface area contributed by atoms with E-state index in [-0.39, 0.29) is 0 Å². The van der Waals surface area contributed by atoms with Crippen molar-refractivity contribution < 1.29 is 14.6 Å². The van der Waals surface area contributed by atoms with Gasteiger partial charge in [0.1, 0.15) is 0 Å². The zero-order valence-electron chi connectivity index (χ0n) is 6.45. The highest BCUT2D eigenvalue weighted by Crippen LogP contribution is 2.03. The molecule has 0 aliphatic carbocycles.